The molecule has 2 saturated heterocycles. The highest BCUT2D eigenvalue weighted by atomic mass is 16.7. The molecule has 0 aromatic rings. The lowest BCUT2D eigenvalue weighted by Gasteiger charge is -2.46. The molecule has 0 aromatic heterocycles. The molecule has 0 aromatic carbocycles. The Kier molecular flexibility index (Phi) is 3.33. The maximum absolute atomic E-state index is 9.63. The SMILES string of the molecule is CC[C@@H]1CCC[C@]2(CC[C@H](O)[C@@H](C)O2)O1. The van der Waals surface area contributed by atoms with Crippen molar-refractivity contribution in [2.24, 2.45) is 0 Å². The monoisotopic (exact) mass is 214 g/mol. The lowest BCUT2D eigenvalue weighted by atomic mass is 9.91. The van der Waals surface area contributed by atoms with Gasteiger partial charge in [0.05, 0.1) is 18.3 Å². The molecule has 2 heterocycles. The van der Waals surface area contributed by atoms with E-state index >= 15 is 0 Å². The molecule has 1 N–H and O–H groups in total. The second-order valence-corrected chi connectivity index (χ2v) is 4.88. The maximum atomic E-state index is 9.63. The van der Waals surface area contributed by atoms with Crippen LogP contribution in [-0.2, 0) is 9.47 Å². The normalized spacial score (nSPS) is 47.0. The van der Waals surface area contributed by atoms with E-state index < -0.39 is 0 Å². The lowest BCUT2D eigenvalue weighted by molar-refractivity contribution is -0.326. The summed E-state index contributed by atoms with van der Waals surface area (Å²) in [6, 6.07) is 0. The van der Waals surface area contributed by atoms with Crippen molar-refractivity contribution in [2.45, 2.75) is 76.5 Å². The third kappa shape index (κ3) is 2.35. The molecule has 4 atom stereocenters. The molecule has 0 bridgehead atoms. The minimum Gasteiger partial charge on any atom is -0.390 e. The van der Waals surface area contributed by atoms with Crippen LogP contribution in [0.15, 0.2) is 0 Å². The molecule has 0 saturated carbocycles. The van der Waals surface area contributed by atoms with E-state index in [9.17, 15) is 5.11 Å². The molecule has 0 aliphatic carbocycles. The van der Waals surface area contributed by atoms with E-state index in [1.165, 1.54) is 6.42 Å². The largest absolute Gasteiger partial charge is 0.390 e. The van der Waals surface area contributed by atoms with Gasteiger partial charge in [-0.25, -0.2) is 0 Å². The van der Waals surface area contributed by atoms with Gasteiger partial charge < -0.3 is 14.6 Å². The Morgan fingerprint density at radius 3 is 2.73 bits per heavy atom. The van der Waals surface area contributed by atoms with Crippen LogP contribution >= 0.6 is 0 Å². The average Bonchev–Trinajstić information content (AvgIpc) is 2.24. The topological polar surface area (TPSA) is 38.7 Å². The van der Waals surface area contributed by atoms with Crippen LogP contribution in [0.1, 0.15) is 52.4 Å². The molecule has 15 heavy (non-hydrogen) atoms. The van der Waals surface area contributed by atoms with Crippen molar-refractivity contribution in [1.82, 2.24) is 0 Å². The molecule has 0 amide bonds. The predicted octanol–water partition coefficient (Wildman–Crippen LogP) is 2.22. The van der Waals surface area contributed by atoms with Gasteiger partial charge in [-0.1, -0.05) is 6.92 Å². The van der Waals surface area contributed by atoms with E-state index in [-0.39, 0.29) is 18.0 Å². The first kappa shape index (κ1) is 11.4. The second kappa shape index (κ2) is 4.40. The summed E-state index contributed by atoms with van der Waals surface area (Å²) in [4.78, 5) is 0. The zero-order valence-corrected chi connectivity index (χ0v) is 9.74. The van der Waals surface area contributed by atoms with Crippen molar-refractivity contribution in [3.8, 4) is 0 Å². The minimum absolute atomic E-state index is 0.0886. The van der Waals surface area contributed by atoms with Crippen LogP contribution < -0.4 is 0 Å². The average molecular weight is 214 g/mol. The number of rotatable bonds is 1. The fraction of sp³-hybridized carbons (Fsp3) is 1.00. The third-order valence-electron chi connectivity index (χ3n) is 3.68. The van der Waals surface area contributed by atoms with E-state index in [0.29, 0.717) is 6.10 Å². The van der Waals surface area contributed by atoms with Gasteiger partial charge in [-0.15, -0.1) is 0 Å². The Morgan fingerprint density at radius 1 is 1.27 bits per heavy atom. The van der Waals surface area contributed by atoms with Gasteiger partial charge in [-0.3, -0.25) is 0 Å². The number of hydrogen-bond donors (Lipinski definition) is 1. The zero-order valence-electron chi connectivity index (χ0n) is 9.74. The Hall–Kier alpha value is -0.120. The van der Waals surface area contributed by atoms with Gasteiger partial charge in [0.15, 0.2) is 5.79 Å². The first-order valence-corrected chi connectivity index (χ1v) is 6.19. The lowest BCUT2D eigenvalue weighted by Crippen LogP contribution is -2.51. The molecule has 88 valence electrons. The molecule has 0 radical (unpaired) electrons. The summed E-state index contributed by atoms with van der Waals surface area (Å²) in [5.41, 5.74) is 0. The number of aliphatic hydroxyl groups is 1. The van der Waals surface area contributed by atoms with Gasteiger partial charge in [0.1, 0.15) is 0 Å². The highest BCUT2D eigenvalue weighted by Gasteiger charge is 2.43. The molecular formula is C12H22O3. The van der Waals surface area contributed by atoms with E-state index in [2.05, 4.69) is 6.92 Å². The quantitative estimate of drug-likeness (QED) is 0.727. The zero-order chi connectivity index (χ0) is 10.9. The Labute approximate surface area is 91.8 Å². The first-order chi connectivity index (χ1) is 7.15. The molecule has 2 aliphatic rings. The fourth-order valence-corrected chi connectivity index (χ4v) is 2.66. The van der Waals surface area contributed by atoms with Crippen LogP contribution in [0.2, 0.25) is 0 Å². The van der Waals surface area contributed by atoms with Crippen molar-refractivity contribution >= 4 is 0 Å². The molecule has 2 fully saturated rings. The van der Waals surface area contributed by atoms with Crippen LogP contribution in [0.4, 0.5) is 0 Å². The van der Waals surface area contributed by atoms with Gasteiger partial charge in [-0.05, 0) is 32.6 Å². The fourth-order valence-electron chi connectivity index (χ4n) is 2.66. The maximum Gasteiger partial charge on any atom is 0.169 e. The number of aliphatic hydroxyl groups excluding tert-OH is 1. The van der Waals surface area contributed by atoms with Gasteiger partial charge in [0.25, 0.3) is 0 Å². The van der Waals surface area contributed by atoms with Crippen molar-refractivity contribution in [3.05, 3.63) is 0 Å². The number of ether oxygens (including phenoxy) is 2. The van der Waals surface area contributed by atoms with Crippen molar-refractivity contribution in [3.63, 3.8) is 0 Å². The molecular weight excluding hydrogens is 192 g/mol. The standard InChI is InChI=1S/C12H22O3/c1-3-10-5-4-7-12(15-10)8-6-11(13)9(2)14-12/h9-11,13H,3-8H2,1-2H3/t9-,10-,11+,12-/m1/s1. The Morgan fingerprint density at radius 2 is 2.07 bits per heavy atom. The van der Waals surface area contributed by atoms with Crippen LogP contribution in [0.5, 0.6) is 0 Å². The highest BCUT2D eigenvalue weighted by molar-refractivity contribution is 4.85. The Balaban J connectivity index is 2.00. The highest BCUT2D eigenvalue weighted by Crippen LogP contribution is 2.39. The van der Waals surface area contributed by atoms with Gasteiger partial charge in [0.2, 0.25) is 0 Å². The molecule has 0 unspecified atom stereocenters. The third-order valence-corrected chi connectivity index (χ3v) is 3.68. The molecule has 3 nitrogen and oxygen atoms in total. The molecule has 3 heteroatoms. The van der Waals surface area contributed by atoms with Crippen LogP contribution in [0, 0.1) is 0 Å². The number of hydrogen-bond acceptors (Lipinski definition) is 3. The predicted molar refractivity (Wildman–Crippen MR) is 57.5 cm³/mol. The summed E-state index contributed by atoms with van der Waals surface area (Å²) in [7, 11) is 0. The minimum atomic E-state index is -0.377. The summed E-state index contributed by atoms with van der Waals surface area (Å²) in [5.74, 6) is -0.377. The molecule has 2 rings (SSSR count). The van der Waals surface area contributed by atoms with Gasteiger partial charge >= 0.3 is 0 Å². The van der Waals surface area contributed by atoms with Crippen molar-refractivity contribution in [1.29, 1.82) is 0 Å². The summed E-state index contributed by atoms with van der Waals surface area (Å²) in [6.45, 7) is 4.09. The van der Waals surface area contributed by atoms with Crippen LogP contribution in [0.3, 0.4) is 0 Å². The second-order valence-electron chi connectivity index (χ2n) is 4.88. The molecule has 2 aliphatic heterocycles. The summed E-state index contributed by atoms with van der Waals surface area (Å²) in [5, 5.41) is 9.63. The molecule has 1 spiro atoms. The summed E-state index contributed by atoms with van der Waals surface area (Å²) in [6.07, 6.45) is 5.96. The van der Waals surface area contributed by atoms with Gasteiger partial charge in [0, 0.05) is 12.8 Å². The van der Waals surface area contributed by atoms with Crippen molar-refractivity contribution in [2.75, 3.05) is 0 Å². The smallest absolute Gasteiger partial charge is 0.169 e. The summed E-state index contributed by atoms with van der Waals surface area (Å²) >= 11 is 0. The van der Waals surface area contributed by atoms with E-state index in [0.717, 1.165) is 32.1 Å². The Bertz CT molecular complexity index is 213. The van der Waals surface area contributed by atoms with Crippen LogP contribution in [0.25, 0.3) is 0 Å². The van der Waals surface area contributed by atoms with E-state index in [1.54, 1.807) is 0 Å². The van der Waals surface area contributed by atoms with Crippen LogP contribution in [-0.4, -0.2) is 29.2 Å². The van der Waals surface area contributed by atoms with E-state index in [4.69, 9.17) is 9.47 Å². The van der Waals surface area contributed by atoms with Crippen molar-refractivity contribution < 1.29 is 14.6 Å². The first-order valence-electron chi connectivity index (χ1n) is 6.19. The van der Waals surface area contributed by atoms with Gasteiger partial charge in [-0.2, -0.15) is 0 Å². The summed E-state index contributed by atoms with van der Waals surface area (Å²) < 4.78 is 11.9. The van der Waals surface area contributed by atoms with E-state index in [1.807, 2.05) is 6.92 Å².